The summed E-state index contributed by atoms with van der Waals surface area (Å²) in [7, 11) is 0. The lowest BCUT2D eigenvalue weighted by atomic mass is 9.96. The minimum Gasteiger partial charge on any atom is -0.384 e. The van der Waals surface area contributed by atoms with Crippen LogP contribution in [0.3, 0.4) is 0 Å². The van der Waals surface area contributed by atoms with Gasteiger partial charge in [0.15, 0.2) is 0 Å². The molecule has 4 N–H and O–H groups in total. The van der Waals surface area contributed by atoms with Gasteiger partial charge >= 0.3 is 0 Å². The molecule has 0 spiro atoms. The largest absolute Gasteiger partial charge is 0.384 e. The van der Waals surface area contributed by atoms with Gasteiger partial charge in [-0.15, -0.1) is 0 Å². The Hall–Kier alpha value is -3.40. The molecule has 3 aromatic rings. The van der Waals surface area contributed by atoms with Crippen LogP contribution in [0.1, 0.15) is 52.8 Å². The summed E-state index contributed by atoms with van der Waals surface area (Å²) in [5, 5.41) is 0. The molecule has 0 aliphatic heterocycles. The van der Waals surface area contributed by atoms with Gasteiger partial charge in [-0.05, 0) is 68.7 Å². The maximum absolute atomic E-state index is 6.00. The second kappa shape index (κ2) is 12.0. The zero-order valence-corrected chi connectivity index (χ0v) is 20.1. The number of hydrogen-bond donors (Lipinski definition) is 2. The third kappa shape index (κ3) is 7.31. The van der Waals surface area contributed by atoms with E-state index in [1.165, 1.54) is 27.8 Å². The van der Waals surface area contributed by atoms with Crippen LogP contribution >= 0.6 is 0 Å². The molecule has 0 atom stereocenters. The smallest absolute Gasteiger partial charge is 0.125 e. The summed E-state index contributed by atoms with van der Waals surface area (Å²) in [5.74, 6) is 1.22. The lowest BCUT2D eigenvalue weighted by Gasteiger charge is -2.09. The van der Waals surface area contributed by atoms with Gasteiger partial charge in [-0.2, -0.15) is 0 Å². The zero-order valence-electron chi connectivity index (χ0n) is 20.1. The van der Waals surface area contributed by atoms with Crippen LogP contribution in [0.5, 0.6) is 0 Å². The Kier molecular flexibility index (Phi) is 8.82. The Balaban J connectivity index is 1.59. The van der Waals surface area contributed by atoms with Crippen LogP contribution < -0.4 is 11.5 Å². The first-order valence-corrected chi connectivity index (χ1v) is 11.9. The molecule has 0 radical (unpaired) electrons. The summed E-state index contributed by atoms with van der Waals surface area (Å²) >= 11 is 0. The second-order valence-corrected chi connectivity index (χ2v) is 8.44. The van der Waals surface area contributed by atoms with Gasteiger partial charge in [-0.1, -0.05) is 72.3 Å². The van der Waals surface area contributed by atoms with E-state index in [4.69, 9.17) is 11.5 Å². The fourth-order valence-electron chi connectivity index (χ4n) is 4.02. The van der Waals surface area contributed by atoms with E-state index in [1.54, 1.807) is 0 Å². The number of rotatable bonds is 10. The molecule has 0 amide bonds. The van der Waals surface area contributed by atoms with E-state index >= 15 is 0 Å². The number of aryl methyl sites for hydroxylation is 5. The fourth-order valence-corrected chi connectivity index (χ4v) is 4.02. The van der Waals surface area contributed by atoms with Gasteiger partial charge in [0.25, 0.3) is 0 Å². The van der Waals surface area contributed by atoms with Crippen molar-refractivity contribution in [2.45, 2.75) is 46.5 Å². The first-order valence-electron chi connectivity index (χ1n) is 11.9. The molecule has 0 saturated carbocycles. The summed E-state index contributed by atoms with van der Waals surface area (Å²) in [4.78, 5) is 8.56. The van der Waals surface area contributed by atoms with E-state index in [-0.39, 0.29) is 0 Å². The molecular weight excluding hydrogens is 404 g/mol. The number of nitrogens with zero attached hydrogens (tertiary/aromatic N) is 2. The number of benzene rings is 3. The summed E-state index contributed by atoms with van der Waals surface area (Å²) in [5.41, 5.74) is 20.7. The number of nitrogens with two attached hydrogens (primary N) is 2. The molecule has 4 nitrogen and oxygen atoms in total. The highest BCUT2D eigenvalue weighted by Gasteiger charge is 2.04. The number of hydrogen-bond acceptors (Lipinski definition) is 2. The molecule has 0 unspecified atom stereocenters. The Bertz CT molecular complexity index is 1010. The Morgan fingerprint density at radius 1 is 0.576 bits per heavy atom. The Morgan fingerprint density at radius 2 is 0.939 bits per heavy atom. The lowest BCUT2D eigenvalue weighted by Crippen LogP contribution is -2.13. The maximum Gasteiger partial charge on any atom is 0.125 e. The van der Waals surface area contributed by atoms with Crippen molar-refractivity contribution in [1.82, 2.24) is 0 Å². The van der Waals surface area contributed by atoms with Crippen LogP contribution in [-0.4, -0.2) is 24.8 Å². The lowest BCUT2D eigenvalue weighted by molar-refractivity contribution is 0.926. The molecule has 0 heterocycles. The molecule has 0 fully saturated rings. The molecule has 0 aliphatic carbocycles. The number of aliphatic imine (C=N–C) groups is 2. The highest BCUT2D eigenvalue weighted by Crippen LogP contribution is 2.16. The van der Waals surface area contributed by atoms with Gasteiger partial charge in [-0.3, -0.25) is 9.98 Å². The molecule has 172 valence electrons. The molecule has 3 rings (SSSR count). The van der Waals surface area contributed by atoms with Crippen molar-refractivity contribution in [2.75, 3.05) is 13.1 Å². The summed E-state index contributed by atoms with van der Waals surface area (Å²) in [6.07, 6.45) is 4.07. The first-order chi connectivity index (χ1) is 16.0. The molecular formula is C29H36N4. The predicted octanol–water partition coefficient (Wildman–Crippen LogP) is 5.02. The predicted molar refractivity (Wildman–Crippen MR) is 141 cm³/mol. The standard InChI is InChI=1S/C29H36N4/c1-4-32-28(30)26-14-10-22(11-15-26)6-8-24-18-21(3)19-25(20-24)9-7-23-12-16-27(17-13-23)29(31)33-5-2/h10-20H,4-9H2,1-3H3,(H2,30,32)(H2,31,33). The average molecular weight is 441 g/mol. The third-order valence-electron chi connectivity index (χ3n) is 5.76. The number of amidine groups is 2. The Morgan fingerprint density at radius 3 is 1.30 bits per heavy atom. The molecule has 0 aliphatic rings. The van der Waals surface area contributed by atoms with E-state index < -0.39 is 0 Å². The van der Waals surface area contributed by atoms with Crippen molar-refractivity contribution in [3.8, 4) is 0 Å². The van der Waals surface area contributed by atoms with Crippen molar-refractivity contribution < 1.29 is 0 Å². The third-order valence-corrected chi connectivity index (χ3v) is 5.76. The SMILES string of the molecule is CCN=C(N)c1ccc(CCc2cc(C)cc(CCc3ccc(C(N)=NCC)cc3)c2)cc1. The first kappa shape index (κ1) is 24.2. The minimum absolute atomic E-state index is 0.611. The second-order valence-electron chi connectivity index (χ2n) is 8.44. The van der Waals surface area contributed by atoms with E-state index in [9.17, 15) is 0 Å². The summed E-state index contributed by atoms with van der Waals surface area (Å²) in [6.45, 7) is 7.58. The molecule has 33 heavy (non-hydrogen) atoms. The summed E-state index contributed by atoms with van der Waals surface area (Å²) < 4.78 is 0. The monoisotopic (exact) mass is 440 g/mol. The van der Waals surface area contributed by atoms with Gasteiger partial charge in [0.1, 0.15) is 11.7 Å². The highest BCUT2D eigenvalue weighted by molar-refractivity contribution is 5.97. The van der Waals surface area contributed by atoms with E-state index in [1.807, 2.05) is 13.8 Å². The van der Waals surface area contributed by atoms with Gasteiger partial charge in [-0.25, -0.2) is 0 Å². The van der Waals surface area contributed by atoms with Crippen molar-refractivity contribution in [3.05, 3.63) is 106 Å². The van der Waals surface area contributed by atoms with Crippen LogP contribution in [0.4, 0.5) is 0 Å². The van der Waals surface area contributed by atoms with Gasteiger partial charge in [0, 0.05) is 24.2 Å². The molecule has 0 bridgehead atoms. The van der Waals surface area contributed by atoms with Crippen molar-refractivity contribution in [1.29, 1.82) is 0 Å². The van der Waals surface area contributed by atoms with Crippen molar-refractivity contribution in [2.24, 2.45) is 21.5 Å². The molecule has 0 aromatic heterocycles. The van der Waals surface area contributed by atoms with Crippen LogP contribution in [0, 0.1) is 6.92 Å². The molecule has 3 aromatic carbocycles. The van der Waals surface area contributed by atoms with Gasteiger partial charge in [0.05, 0.1) is 0 Å². The normalized spacial score (nSPS) is 12.2. The van der Waals surface area contributed by atoms with Crippen molar-refractivity contribution >= 4 is 11.7 Å². The van der Waals surface area contributed by atoms with Crippen LogP contribution in [0.25, 0.3) is 0 Å². The van der Waals surface area contributed by atoms with Gasteiger partial charge < -0.3 is 11.5 Å². The highest BCUT2D eigenvalue weighted by atomic mass is 14.8. The van der Waals surface area contributed by atoms with Gasteiger partial charge in [0.2, 0.25) is 0 Å². The van der Waals surface area contributed by atoms with Crippen LogP contribution in [0.15, 0.2) is 76.7 Å². The quantitative estimate of drug-likeness (QED) is 0.343. The van der Waals surface area contributed by atoms with E-state index in [0.29, 0.717) is 24.8 Å². The molecule has 0 saturated heterocycles. The minimum atomic E-state index is 0.611. The van der Waals surface area contributed by atoms with E-state index in [2.05, 4.69) is 83.6 Å². The molecule has 4 heteroatoms. The van der Waals surface area contributed by atoms with Crippen LogP contribution in [-0.2, 0) is 25.7 Å². The van der Waals surface area contributed by atoms with Crippen molar-refractivity contribution in [3.63, 3.8) is 0 Å². The Labute approximate surface area is 198 Å². The maximum atomic E-state index is 6.00. The topological polar surface area (TPSA) is 76.8 Å². The zero-order chi connectivity index (χ0) is 23.6. The summed E-state index contributed by atoms with van der Waals surface area (Å²) in [6, 6.07) is 23.9. The van der Waals surface area contributed by atoms with Crippen LogP contribution in [0.2, 0.25) is 0 Å². The van der Waals surface area contributed by atoms with E-state index in [0.717, 1.165) is 36.8 Å². The fraction of sp³-hybridized carbons (Fsp3) is 0.310. The average Bonchev–Trinajstić information content (AvgIpc) is 2.82.